The Hall–Kier alpha value is -0.0800. The van der Waals surface area contributed by atoms with Crippen molar-refractivity contribution in [1.82, 2.24) is 4.90 Å². The molecule has 1 N–H and O–H groups in total. The standard InChI is InChI=1S/C12H23NO/c14-12-8-4-3-7-11(12)13-9-5-1-2-6-10-13/h11-12,14H,1-10H2/t11-,12-/m1/s1. The quantitative estimate of drug-likeness (QED) is 0.696. The molecule has 0 bridgehead atoms. The molecular formula is C12H23NO. The summed E-state index contributed by atoms with van der Waals surface area (Å²) < 4.78 is 0. The third-order valence-electron chi connectivity index (χ3n) is 3.80. The van der Waals surface area contributed by atoms with Crippen LogP contribution in [0.1, 0.15) is 51.4 Å². The van der Waals surface area contributed by atoms with Gasteiger partial charge in [-0.15, -0.1) is 0 Å². The minimum Gasteiger partial charge on any atom is -0.391 e. The predicted octanol–water partition coefficient (Wildman–Crippen LogP) is 2.17. The van der Waals surface area contributed by atoms with E-state index in [1.807, 2.05) is 0 Å². The van der Waals surface area contributed by atoms with Gasteiger partial charge in [-0.3, -0.25) is 4.90 Å². The van der Waals surface area contributed by atoms with Gasteiger partial charge in [-0.25, -0.2) is 0 Å². The van der Waals surface area contributed by atoms with Crippen LogP contribution in [0.15, 0.2) is 0 Å². The highest BCUT2D eigenvalue weighted by molar-refractivity contribution is 4.83. The van der Waals surface area contributed by atoms with Crippen molar-refractivity contribution in [1.29, 1.82) is 0 Å². The minimum atomic E-state index is -0.0400. The number of hydrogen-bond donors (Lipinski definition) is 1. The molecule has 14 heavy (non-hydrogen) atoms. The van der Waals surface area contributed by atoms with Crippen molar-refractivity contribution in [2.45, 2.75) is 63.5 Å². The average molecular weight is 197 g/mol. The van der Waals surface area contributed by atoms with Crippen molar-refractivity contribution < 1.29 is 5.11 Å². The van der Waals surface area contributed by atoms with Gasteiger partial charge in [-0.1, -0.05) is 25.7 Å². The zero-order valence-corrected chi connectivity index (χ0v) is 9.12. The molecule has 2 atom stereocenters. The van der Waals surface area contributed by atoms with Gasteiger partial charge in [-0.05, 0) is 38.8 Å². The molecule has 1 aliphatic carbocycles. The first-order valence-corrected chi connectivity index (χ1v) is 6.30. The molecule has 0 radical (unpaired) electrons. The monoisotopic (exact) mass is 197 g/mol. The molecule has 1 heterocycles. The first-order valence-electron chi connectivity index (χ1n) is 6.30. The van der Waals surface area contributed by atoms with Crippen molar-refractivity contribution in [3.05, 3.63) is 0 Å². The average Bonchev–Trinajstić information content (AvgIpc) is 2.47. The summed E-state index contributed by atoms with van der Waals surface area (Å²) >= 11 is 0. The zero-order valence-electron chi connectivity index (χ0n) is 9.12. The van der Waals surface area contributed by atoms with Crippen LogP contribution in [-0.4, -0.2) is 35.2 Å². The lowest BCUT2D eigenvalue weighted by molar-refractivity contribution is 0.0214. The van der Waals surface area contributed by atoms with E-state index in [9.17, 15) is 5.11 Å². The van der Waals surface area contributed by atoms with Gasteiger partial charge in [0.25, 0.3) is 0 Å². The summed E-state index contributed by atoms with van der Waals surface area (Å²) in [6.45, 7) is 2.45. The van der Waals surface area contributed by atoms with Crippen LogP contribution in [0, 0.1) is 0 Å². The number of hydrogen-bond acceptors (Lipinski definition) is 2. The van der Waals surface area contributed by atoms with E-state index in [0.29, 0.717) is 6.04 Å². The second kappa shape index (κ2) is 5.13. The third-order valence-corrected chi connectivity index (χ3v) is 3.80. The molecule has 1 saturated carbocycles. The molecule has 0 aromatic heterocycles. The normalized spacial score (nSPS) is 36.6. The van der Waals surface area contributed by atoms with Gasteiger partial charge in [0.05, 0.1) is 6.10 Å². The maximum Gasteiger partial charge on any atom is 0.0695 e. The van der Waals surface area contributed by atoms with E-state index in [2.05, 4.69) is 4.90 Å². The summed E-state index contributed by atoms with van der Waals surface area (Å²) in [5.74, 6) is 0. The fourth-order valence-corrected chi connectivity index (χ4v) is 2.94. The summed E-state index contributed by atoms with van der Waals surface area (Å²) in [7, 11) is 0. The second-order valence-electron chi connectivity index (χ2n) is 4.87. The molecule has 1 saturated heterocycles. The Balaban J connectivity index is 1.90. The topological polar surface area (TPSA) is 23.5 Å². The number of rotatable bonds is 1. The molecule has 2 nitrogen and oxygen atoms in total. The molecule has 0 amide bonds. The minimum absolute atomic E-state index is 0.0400. The lowest BCUT2D eigenvalue weighted by atomic mass is 9.91. The highest BCUT2D eigenvalue weighted by atomic mass is 16.3. The van der Waals surface area contributed by atoms with Crippen molar-refractivity contribution in [2.75, 3.05) is 13.1 Å². The SMILES string of the molecule is O[C@@H]1CCCC[C@H]1N1CCCCCC1. The third kappa shape index (κ3) is 2.48. The summed E-state index contributed by atoms with van der Waals surface area (Å²) in [5, 5.41) is 9.97. The largest absolute Gasteiger partial charge is 0.391 e. The number of nitrogens with zero attached hydrogens (tertiary/aromatic N) is 1. The molecule has 2 rings (SSSR count). The van der Waals surface area contributed by atoms with Gasteiger partial charge in [0.1, 0.15) is 0 Å². The number of aliphatic hydroxyl groups is 1. The fraction of sp³-hybridized carbons (Fsp3) is 1.00. The number of likely N-dealkylation sites (tertiary alicyclic amines) is 1. The smallest absolute Gasteiger partial charge is 0.0695 e. The lowest BCUT2D eigenvalue weighted by Gasteiger charge is -2.37. The van der Waals surface area contributed by atoms with Crippen LogP contribution in [0.4, 0.5) is 0 Å². The Bertz CT molecular complexity index is 164. The Labute approximate surface area is 87.3 Å². The first-order chi connectivity index (χ1) is 6.88. The van der Waals surface area contributed by atoms with Crippen LogP contribution in [0.5, 0.6) is 0 Å². The van der Waals surface area contributed by atoms with E-state index < -0.39 is 0 Å². The Kier molecular flexibility index (Phi) is 3.82. The molecule has 1 aliphatic heterocycles. The van der Waals surface area contributed by atoms with Crippen molar-refractivity contribution in [2.24, 2.45) is 0 Å². The maximum atomic E-state index is 9.97. The van der Waals surface area contributed by atoms with Crippen LogP contribution in [-0.2, 0) is 0 Å². The summed E-state index contributed by atoms with van der Waals surface area (Å²) in [5.41, 5.74) is 0. The molecule has 0 unspecified atom stereocenters. The zero-order chi connectivity index (χ0) is 9.80. The van der Waals surface area contributed by atoms with Gasteiger partial charge in [0.2, 0.25) is 0 Å². The highest BCUT2D eigenvalue weighted by Crippen LogP contribution is 2.25. The second-order valence-corrected chi connectivity index (χ2v) is 4.87. The van der Waals surface area contributed by atoms with Crippen LogP contribution >= 0.6 is 0 Å². The van der Waals surface area contributed by atoms with Crippen molar-refractivity contribution in [3.63, 3.8) is 0 Å². The first kappa shape index (κ1) is 10.4. The van der Waals surface area contributed by atoms with E-state index in [4.69, 9.17) is 0 Å². The van der Waals surface area contributed by atoms with E-state index in [1.54, 1.807) is 0 Å². The molecule has 0 aromatic rings. The van der Waals surface area contributed by atoms with Gasteiger partial charge < -0.3 is 5.11 Å². The Morgan fingerprint density at radius 1 is 0.786 bits per heavy atom. The fourth-order valence-electron chi connectivity index (χ4n) is 2.94. The molecule has 2 heteroatoms. The van der Waals surface area contributed by atoms with Crippen LogP contribution in [0.25, 0.3) is 0 Å². The lowest BCUT2D eigenvalue weighted by Crippen LogP contribution is -2.45. The predicted molar refractivity (Wildman–Crippen MR) is 58.3 cm³/mol. The molecule has 82 valence electrons. The van der Waals surface area contributed by atoms with E-state index in [1.165, 1.54) is 58.0 Å². The molecule has 0 spiro atoms. The van der Waals surface area contributed by atoms with Crippen molar-refractivity contribution >= 4 is 0 Å². The van der Waals surface area contributed by atoms with Crippen LogP contribution in [0.3, 0.4) is 0 Å². The molecule has 0 aromatic carbocycles. The van der Waals surface area contributed by atoms with E-state index in [-0.39, 0.29) is 6.10 Å². The molecular weight excluding hydrogens is 174 g/mol. The van der Waals surface area contributed by atoms with E-state index in [0.717, 1.165) is 6.42 Å². The van der Waals surface area contributed by atoms with Crippen LogP contribution < -0.4 is 0 Å². The van der Waals surface area contributed by atoms with E-state index >= 15 is 0 Å². The molecule has 2 fully saturated rings. The van der Waals surface area contributed by atoms with Gasteiger partial charge in [-0.2, -0.15) is 0 Å². The van der Waals surface area contributed by atoms with Crippen molar-refractivity contribution in [3.8, 4) is 0 Å². The van der Waals surface area contributed by atoms with Gasteiger partial charge in [0, 0.05) is 6.04 Å². The van der Waals surface area contributed by atoms with Gasteiger partial charge >= 0.3 is 0 Å². The molecule has 2 aliphatic rings. The number of aliphatic hydroxyl groups excluding tert-OH is 1. The van der Waals surface area contributed by atoms with Gasteiger partial charge in [0.15, 0.2) is 0 Å². The van der Waals surface area contributed by atoms with Crippen LogP contribution in [0.2, 0.25) is 0 Å². The summed E-state index contributed by atoms with van der Waals surface area (Å²) in [6.07, 6.45) is 10.2. The Morgan fingerprint density at radius 3 is 2.07 bits per heavy atom. The highest BCUT2D eigenvalue weighted by Gasteiger charge is 2.28. The Morgan fingerprint density at radius 2 is 1.43 bits per heavy atom. The maximum absolute atomic E-state index is 9.97. The summed E-state index contributed by atoms with van der Waals surface area (Å²) in [4.78, 5) is 2.55. The summed E-state index contributed by atoms with van der Waals surface area (Å²) in [6, 6.07) is 0.488.